The van der Waals surface area contributed by atoms with Crippen molar-refractivity contribution in [1.82, 2.24) is 9.55 Å². The van der Waals surface area contributed by atoms with Crippen LogP contribution in [0.2, 0.25) is 0 Å². The Morgan fingerprint density at radius 2 is 2.22 bits per heavy atom. The third-order valence-corrected chi connectivity index (χ3v) is 5.29. The van der Waals surface area contributed by atoms with Crippen molar-refractivity contribution in [3.63, 3.8) is 0 Å². The molecule has 2 heterocycles. The summed E-state index contributed by atoms with van der Waals surface area (Å²) in [6, 6.07) is 1.88. The summed E-state index contributed by atoms with van der Waals surface area (Å²) in [5.74, 6) is 0.0821. The molecule has 0 N–H and O–H groups in total. The Morgan fingerprint density at radius 1 is 1.48 bits per heavy atom. The van der Waals surface area contributed by atoms with Crippen molar-refractivity contribution in [2.75, 3.05) is 12.9 Å². The minimum Gasteiger partial charge on any atom is -0.464 e. The van der Waals surface area contributed by atoms with Gasteiger partial charge in [0.25, 0.3) is 5.56 Å². The van der Waals surface area contributed by atoms with Gasteiger partial charge in [-0.05, 0) is 31.1 Å². The Balaban J connectivity index is 2.26. The summed E-state index contributed by atoms with van der Waals surface area (Å²) in [5, 5.41) is 1.13. The van der Waals surface area contributed by atoms with Gasteiger partial charge in [0, 0.05) is 4.88 Å². The molecule has 0 saturated carbocycles. The molecule has 126 valence electrons. The molecule has 0 fully saturated rings. The number of fused-ring (bicyclic) bond motifs is 1. The third-order valence-electron chi connectivity index (χ3n) is 3.44. The molecule has 7 heteroatoms. The highest BCUT2D eigenvalue weighted by atomic mass is 32.2. The maximum absolute atomic E-state index is 12.7. The van der Waals surface area contributed by atoms with E-state index in [4.69, 9.17) is 4.74 Å². The van der Waals surface area contributed by atoms with Crippen LogP contribution in [0, 0.1) is 5.92 Å². The van der Waals surface area contributed by atoms with Crippen LogP contribution in [0.4, 0.5) is 0 Å². The molecule has 2 aromatic heterocycles. The number of hydrogen-bond donors (Lipinski definition) is 0. The van der Waals surface area contributed by atoms with E-state index < -0.39 is 5.97 Å². The number of hydrogen-bond acceptors (Lipinski definition) is 6. The molecule has 0 aromatic carbocycles. The molecule has 0 spiro atoms. The summed E-state index contributed by atoms with van der Waals surface area (Å²) in [5.41, 5.74) is -0.170. The Labute approximate surface area is 144 Å². The van der Waals surface area contributed by atoms with Crippen LogP contribution in [-0.4, -0.2) is 28.4 Å². The first-order valence-corrected chi connectivity index (χ1v) is 9.73. The second kappa shape index (κ2) is 7.97. The molecule has 0 atom stereocenters. The van der Waals surface area contributed by atoms with E-state index in [9.17, 15) is 9.59 Å². The van der Waals surface area contributed by atoms with Gasteiger partial charge in [-0.15, -0.1) is 11.3 Å². The first-order valence-electron chi connectivity index (χ1n) is 7.69. The van der Waals surface area contributed by atoms with Crippen LogP contribution in [0.5, 0.6) is 0 Å². The number of carbonyl (C=O) groups excluding carboxylic acids is 1. The second-order valence-corrected chi connectivity index (χ2v) is 7.57. The lowest BCUT2D eigenvalue weighted by Gasteiger charge is -2.11. The predicted octanol–water partition coefficient (Wildman–Crippen LogP) is 3.33. The van der Waals surface area contributed by atoms with Crippen LogP contribution in [0.1, 0.15) is 32.1 Å². The lowest BCUT2D eigenvalue weighted by atomic mass is 10.1. The van der Waals surface area contributed by atoms with Crippen LogP contribution < -0.4 is 5.56 Å². The number of esters is 1. The number of carbonyl (C=O) groups is 1. The van der Waals surface area contributed by atoms with E-state index >= 15 is 0 Å². The van der Waals surface area contributed by atoms with Gasteiger partial charge < -0.3 is 4.74 Å². The molecule has 0 aliphatic carbocycles. The molecule has 0 amide bonds. The summed E-state index contributed by atoms with van der Waals surface area (Å²) in [4.78, 5) is 31.0. The van der Waals surface area contributed by atoms with Crippen LogP contribution in [0.15, 0.2) is 16.0 Å². The number of aryl methyl sites for hydroxylation is 1. The fraction of sp³-hybridized carbons (Fsp3) is 0.562. The first-order chi connectivity index (χ1) is 11.0. The standard InChI is InChI=1S/C16H22N2O3S2/c1-5-11-8-12-14(23-11)17-16(22-4)18(15(12)20)9-13(19)21-7-6-10(2)3/h8,10H,5-7,9H2,1-4H3. The fourth-order valence-electron chi connectivity index (χ4n) is 2.10. The summed E-state index contributed by atoms with van der Waals surface area (Å²) < 4.78 is 6.63. The number of rotatable bonds is 7. The number of ether oxygens (including phenoxy) is 1. The van der Waals surface area contributed by atoms with Crippen LogP contribution in [-0.2, 0) is 22.5 Å². The van der Waals surface area contributed by atoms with Gasteiger partial charge in [0.05, 0.1) is 12.0 Å². The molecule has 0 aliphatic heterocycles. The summed E-state index contributed by atoms with van der Waals surface area (Å²) in [6.07, 6.45) is 3.53. The summed E-state index contributed by atoms with van der Waals surface area (Å²) in [7, 11) is 0. The molecule has 0 bridgehead atoms. The largest absolute Gasteiger partial charge is 0.464 e. The van der Waals surface area contributed by atoms with Crippen LogP contribution >= 0.6 is 23.1 Å². The number of nitrogens with zero attached hydrogens (tertiary/aromatic N) is 2. The summed E-state index contributed by atoms with van der Waals surface area (Å²) >= 11 is 2.89. The Hall–Kier alpha value is -1.34. The smallest absolute Gasteiger partial charge is 0.326 e. The molecule has 5 nitrogen and oxygen atoms in total. The van der Waals surface area contributed by atoms with Crippen LogP contribution in [0.3, 0.4) is 0 Å². The van der Waals surface area contributed by atoms with Gasteiger partial charge in [0.15, 0.2) is 5.16 Å². The molecule has 0 unspecified atom stereocenters. The fourth-order valence-corrected chi connectivity index (χ4v) is 3.67. The van der Waals surface area contributed by atoms with Crippen molar-refractivity contribution in [3.8, 4) is 0 Å². The minimum absolute atomic E-state index is 0.0899. The molecule has 2 aromatic rings. The average Bonchev–Trinajstić information content (AvgIpc) is 2.93. The molecule has 0 saturated heterocycles. The van der Waals surface area contributed by atoms with Gasteiger partial charge in [-0.25, -0.2) is 4.98 Å². The highest BCUT2D eigenvalue weighted by molar-refractivity contribution is 7.98. The average molecular weight is 354 g/mol. The van der Waals surface area contributed by atoms with Gasteiger partial charge in [0.1, 0.15) is 11.4 Å². The molecular formula is C16H22N2O3S2. The molecular weight excluding hydrogens is 332 g/mol. The van der Waals surface area contributed by atoms with Crippen molar-refractivity contribution < 1.29 is 9.53 Å². The zero-order valence-corrected chi connectivity index (χ0v) is 15.6. The molecule has 0 radical (unpaired) electrons. The second-order valence-electron chi connectivity index (χ2n) is 5.68. The maximum atomic E-state index is 12.7. The van der Waals surface area contributed by atoms with Crippen molar-refractivity contribution in [2.24, 2.45) is 5.92 Å². The van der Waals surface area contributed by atoms with Crippen molar-refractivity contribution in [2.45, 2.75) is 45.3 Å². The maximum Gasteiger partial charge on any atom is 0.326 e. The van der Waals surface area contributed by atoms with E-state index in [2.05, 4.69) is 18.8 Å². The van der Waals surface area contributed by atoms with Gasteiger partial charge in [-0.2, -0.15) is 0 Å². The Kier molecular flexibility index (Phi) is 6.24. The Morgan fingerprint density at radius 3 is 2.83 bits per heavy atom. The first kappa shape index (κ1) is 18.0. The van der Waals surface area contributed by atoms with E-state index in [1.54, 1.807) is 0 Å². The third kappa shape index (κ3) is 4.35. The molecule has 23 heavy (non-hydrogen) atoms. The monoisotopic (exact) mass is 354 g/mol. The highest BCUT2D eigenvalue weighted by Gasteiger charge is 2.16. The van der Waals surface area contributed by atoms with E-state index in [1.165, 1.54) is 27.7 Å². The molecule has 2 rings (SSSR count). The SMILES string of the molecule is CCc1cc2c(=O)n(CC(=O)OCCC(C)C)c(SC)nc2s1. The van der Waals surface area contributed by atoms with Crippen molar-refractivity contribution in [1.29, 1.82) is 0 Å². The quantitative estimate of drug-likeness (QED) is 0.434. The van der Waals surface area contributed by atoms with E-state index in [0.29, 0.717) is 23.1 Å². The lowest BCUT2D eigenvalue weighted by molar-refractivity contribution is -0.144. The zero-order chi connectivity index (χ0) is 17.0. The normalized spacial score (nSPS) is 11.3. The van der Waals surface area contributed by atoms with Crippen molar-refractivity contribution in [3.05, 3.63) is 21.3 Å². The Bertz CT molecular complexity index is 750. The van der Waals surface area contributed by atoms with Crippen LogP contribution in [0.25, 0.3) is 10.2 Å². The van der Waals surface area contributed by atoms with E-state index in [0.717, 1.165) is 22.5 Å². The van der Waals surface area contributed by atoms with E-state index in [1.807, 2.05) is 19.2 Å². The number of thiophene rings is 1. The van der Waals surface area contributed by atoms with Gasteiger partial charge >= 0.3 is 5.97 Å². The number of thioether (sulfide) groups is 1. The predicted molar refractivity (Wildman–Crippen MR) is 95.5 cm³/mol. The van der Waals surface area contributed by atoms with Gasteiger partial charge in [-0.1, -0.05) is 32.5 Å². The van der Waals surface area contributed by atoms with Crippen molar-refractivity contribution >= 4 is 39.3 Å². The van der Waals surface area contributed by atoms with Gasteiger partial charge in [0.2, 0.25) is 0 Å². The lowest BCUT2D eigenvalue weighted by Crippen LogP contribution is -2.27. The number of aromatic nitrogens is 2. The van der Waals surface area contributed by atoms with E-state index in [-0.39, 0.29) is 12.1 Å². The minimum atomic E-state index is -0.393. The topological polar surface area (TPSA) is 61.2 Å². The summed E-state index contributed by atoms with van der Waals surface area (Å²) in [6.45, 7) is 6.49. The molecule has 0 aliphatic rings. The zero-order valence-electron chi connectivity index (χ0n) is 13.9. The highest BCUT2D eigenvalue weighted by Crippen LogP contribution is 2.24. The van der Waals surface area contributed by atoms with Gasteiger partial charge in [-0.3, -0.25) is 14.2 Å².